The average molecular weight is 431 g/mol. The predicted molar refractivity (Wildman–Crippen MR) is 124 cm³/mol. The first-order valence-electron chi connectivity index (χ1n) is 11.0. The SMILES string of the molecule is CC(C)CCCC(C)CCc1cnc(-c2ccc(OC(=O)C(Cl)C(C)C)cc2)nc1. The Morgan fingerprint density at radius 3 is 2.17 bits per heavy atom. The van der Waals surface area contributed by atoms with E-state index in [1.165, 1.54) is 31.2 Å². The summed E-state index contributed by atoms with van der Waals surface area (Å²) in [5.41, 5.74) is 2.05. The molecule has 2 atom stereocenters. The average Bonchev–Trinajstić information content (AvgIpc) is 2.72. The Morgan fingerprint density at radius 2 is 1.60 bits per heavy atom. The lowest BCUT2D eigenvalue weighted by Gasteiger charge is -2.13. The molecule has 5 heteroatoms. The number of nitrogens with zero attached hydrogens (tertiary/aromatic N) is 2. The lowest BCUT2D eigenvalue weighted by atomic mass is 9.95. The van der Waals surface area contributed by atoms with Crippen molar-refractivity contribution in [1.82, 2.24) is 9.97 Å². The second-order valence-electron chi connectivity index (χ2n) is 8.97. The van der Waals surface area contributed by atoms with Crippen LogP contribution in [0.3, 0.4) is 0 Å². The van der Waals surface area contributed by atoms with Gasteiger partial charge in [-0.15, -0.1) is 11.6 Å². The van der Waals surface area contributed by atoms with Crippen molar-refractivity contribution in [2.24, 2.45) is 17.8 Å². The maximum Gasteiger partial charge on any atom is 0.329 e. The monoisotopic (exact) mass is 430 g/mol. The molecule has 30 heavy (non-hydrogen) atoms. The van der Waals surface area contributed by atoms with Crippen molar-refractivity contribution in [2.75, 3.05) is 0 Å². The molecular weight excluding hydrogens is 396 g/mol. The highest BCUT2D eigenvalue weighted by atomic mass is 35.5. The molecule has 1 aromatic carbocycles. The maximum atomic E-state index is 12.0. The summed E-state index contributed by atoms with van der Waals surface area (Å²) < 4.78 is 5.33. The molecule has 0 aliphatic carbocycles. The van der Waals surface area contributed by atoms with Gasteiger partial charge < -0.3 is 4.74 Å². The Morgan fingerprint density at radius 1 is 0.967 bits per heavy atom. The molecule has 0 saturated carbocycles. The van der Waals surface area contributed by atoms with E-state index in [1.54, 1.807) is 12.1 Å². The van der Waals surface area contributed by atoms with E-state index in [0.717, 1.165) is 23.8 Å². The van der Waals surface area contributed by atoms with E-state index in [4.69, 9.17) is 16.3 Å². The fraction of sp³-hybridized carbons (Fsp3) is 0.560. The molecule has 0 aliphatic heterocycles. The van der Waals surface area contributed by atoms with Gasteiger partial charge in [0.05, 0.1) is 0 Å². The third-order valence-corrected chi connectivity index (χ3v) is 5.93. The molecule has 1 aromatic heterocycles. The van der Waals surface area contributed by atoms with E-state index in [9.17, 15) is 4.79 Å². The van der Waals surface area contributed by atoms with E-state index in [2.05, 4.69) is 30.7 Å². The van der Waals surface area contributed by atoms with Crippen LogP contribution in [0.2, 0.25) is 0 Å². The van der Waals surface area contributed by atoms with Crippen LogP contribution in [0.15, 0.2) is 36.7 Å². The van der Waals surface area contributed by atoms with Gasteiger partial charge in [0, 0.05) is 18.0 Å². The summed E-state index contributed by atoms with van der Waals surface area (Å²) >= 11 is 6.05. The fourth-order valence-electron chi connectivity index (χ4n) is 3.18. The highest BCUT2D eigenvalue weighted by molar-refractivity contribution is 6.30. The summed E-state index contributed by atoms with van der Waals surface area (Å²) in [4.78, 5) is 21.0. The summed E-state index contributed by atoms with van der Waals surface area (Å²) in [6.07, 6.45) is 9.91. The highest BCUT2D eigenvalue weighted by Crippen LogP contribution is 2.22. The van der Waals surface area contributed by atoms with Crippen LogP contribution in [0.25, 0.3) is 11.4 Å². The molecule has 2 aromatic rings. The summed E-state index contributed by atoms with van der Waals surface area (Å²) in [5, 5.41) is -0.654. The van der Waals surface area contributed by atoms with E-state index >= 15 is 0 Å². The molecule has 0 N–H and O–H groups in total. The van der Waals surface area contributed by atoms with Gasteiger partial charge in [0.2, 0.25) is 0 Å². The number of alkyl halides is 1. The summed E-state index contributed by atoms with van der Waals surface area (Å²) in [6.45, 7) is 10.7. The molecular formula is C25H35ClN2O2. The number of esters is 1. The molecule has 2 rings (SSSR count). The second kappa shape index (κ2) is 12.0. The van der Waals surface area contributed by atoms with Crippen molar-refractivity contribution >= 4 is 17.6 Å². The van der Waals surface area contributed by atoms with Crippen molar-refractivity contribution in [3.63, 3.8) is 0 Å². The van der Waals surface area contributed by atoms with Gasteiger partial charge in [-0.05, 0) is 60.4 Å². The second-order valence-corrected chi connectivity index (χ2v) is 9.44. The number of carbonyl (C=O) groups excluding carboxylic acids is 1. The zero-order chi connectivity index (χ0) is 22.1. The van der Waals surface area contributed by atoms with Crippen LogP contribution in [0.1, 0.15) is 65.9 Å². The van der Waals surface area contributed by atoms with Gasteiger partial charge in [-0.3, -0.25) is 4.79 Å². The molecule has 4 nitrogen and oxygen atoms in total. The molecule has 0 fully saturated rings. The Kier molecular flexibility index (Phi) is 9.77. The van der Waals surface area contributed by atoms with Gasteiger partial charge >= 0.3 is 5.97 Å². The summed E-state index contributed by atoms with van der Waals surface area (Å²) in [5.74, 6) is 2.24. The normalized spacial score (nSPS) is 13.5. The van der Waals surface area contributed by atoms with Crippen molar-refractivity contribution in [3.05, 3.63) is 42.2 Å². The molecule has 0 amide bonds. The van der Waals surface area contributed by atoms with Gasteiger partial charge in [0.1, 0.15) is 11.1 Å². The first kappa shape index (κ1) is 24.3. The fourth-order valence-corrected chi connectivity index (χ4v) is 3.23. The minimum atomic E-state index is -0.654. The zero-order valence-corrected chi connectivity index (χ0v) is 19.7. The van der Waals surface area contributed by atoms with E-state index < -0.39 is 11.3 Å². The molecule has 0 spiro atoms. The smallest absolute Gasteiger partial charge is 0.329 e. The molecule has 0 saturated heterocycles. The summed E-state index contributed by atoms with van der Waals surface area (Å²) in [7, 11) is 0. The number of rotatable bonds is 11. The third-order valence-electron chi connectivity index (χ3n) is 5.25. The van der Waals surface area contributed by atoms with E-state index in [0.29, 0.717) is 11.6 Å². The lowest BCUT2D eigenvalue weighted by molar-refractivity contribution is -0.134. The first-order chi connectivity index (χ1) is 14.3. The molecule has 0 bridgehead atoms. The van der Waals surface area contributed by atoms with Gasteiger partial charge in [0.25, 0.3) is 0 Å². The van der Waals surface area contributed by atoms with Crippen LogP contribution >= 0.6 is 11.6 Å². The number of aromatic nitrogens is 2. The van der Waals surface area contributed by atoms with E-state index in [-0.39, 0.29) is 5.92 Å². The topological polar surface area (TPSA) is 52.1 Å². The number of ether oxygens (including phenoxy) is 1. The van der Waals surface area contributed by atoms with Gasteiger partial charge in [0.15, 0.2) is 5.82 Å². The Hall–Kier alpha value is -1.94. The number of halogens is 1. The predicted octanol–water partition coefficient (Wildman–Crippen LogP) is 6.71. The minimum absolute atomic E-state index is 0.0216. The molecule has 2 unspecified atom stereocenters. The zero-order valence-electron chi connectivity index (χ0n) is 18.9. The maximum absolute atomic E-state index is 12.0. The van der Waals surface area contributed by atoms with Crippen molar-refractivity contribution in [2.45, 2.75) is 72.1 Å². The lowest BCUT2D eigenvalue weighted by Crippen LogP contribution is -2.25. The number of aryl methyl sites for hydroxylation is 1. The molecule has 164 valence electrons. The van der Waals surface area contributed by atoms with Crippen molar-refractivity contribution in [3.8, 4) is 17.1 Å². The van der Waals surface area contributed by atoms with Crippen LogP contribution in [0.4, 0.5) is 0 Å². The quantitative estimate of drug-likeness (QED) is 0.226. The van der Waals surface area contributed by atoms with Crippen LogP contribution in [-0.2, 0) is 11.2 Å². The Balaban J connectivity index is 1.86. The van der Waals surface area contributed by atoms with Gasteiger partial charge in [-0.2, -0.15) is 0 Å². The molecule has 0 aliphatic rings. The van der Waals surface area contributed by atoms with Crippen molar-refractivity contribution < 1.29 is 9.53 Å². The van der Waals surface area contributed by atoms with Crippen LogP contribution < -0.4 is 4.74 Å². The van der Waals surface area contributed by atoms with Crippen LogP contribution in [0, 0.1) is 17.8 Å². The highest BCUT2D eigenvalue weighted by Gasteiger charge is 2.21. The number of hydrogen-bond donors (Lipinski definition) is 0. The Bertz CT molecular complexity index is 773. The number of carbonyl (C=O) groups is 1. The largest absolute Gasteiger partial charge is 0.425 e. The molecule has 0 radical (unpaired) electrons. The van der Waals surface area contributed by atoms with Crippen molar-refractivity contribution in [1.29, 1.82) is 0 Å². The number of hydrogen-bond acceptors (Lipinski definition) is 4. The Labute approximate surface area is 186 Å². The first-order valence-corrected chi connectivity index (χ1v) is 11.5. The van der Waals surface area contributed by atoms with E-state index in [1.807, 2.05) is 38.4 Å². The van der Waals surface area contributed by atoms with Crippen LogP contribution in [0.5, 0.6) is 5.75 Å². The standard InChI is InChI=1S/C25H35ClN2O2/c1-17(2)7-6-8-19(5)9-10-20-15-27-24(28-16-20)21-11-13-22(14-12-21)30-25(29)23(26)18(3)4/h11-19,23H,6-10H2,1-5H3. The number of benzene rings is 1. The minimum Gasteiger partial charge on any atom is -0.425 e. The summed E-state index contributed by atoms with van der Waals surface area (Å²) in [6, 6.07) is 7.20. The van der Waals surface area contributed by atoms with Gasteiger partial charge in [-0.1, -0.05) is 53.9 Å². The molecule has 1 heterocycles. The van der Waals surface area contributed by atoms with Crippen LogP contribution in [-0.4, -0.2) is 21.3 Å². The third kappa shape index (κ3) is 8.06. The van der Waals surface area contributed by atoms with Gasteiger partial charge in [-0.25, -0.2) is 9.97 Å².